The molecular formula is C29H28ClF2N9O3. The maximum absolute atomic E-state index is 15.8. The van der Waals surface area contributed by atoms with E-state index >= 15 is 8.78 Å². The summed E-state index contributed by atoms with van der Waals surface area (Å²) >= 11 is 6.12. The zero-order chi connectivity index (χ0) is 31.3. The van der Waals surface area contributed by atoms with E-state index in [4.69, 9.17) is 11.6 Å². The Morgan fingerprint density at radius 3 is 2.70 bits per heavy atom. The Morgan fingerprint density at radius 1 is 1.20 bits per heavy atom. The molecule has 5 heterocycles. The van der Waals surface area contributed by atoms with Gasteiger partial charge in [-0.3, -0.25) is 14.5 Å². The topological polar surface area (TPSA) is 146 Å². The number of aromatic amines is 1. The molecule has 1 saturated heterocycles. The van der Waals surface area contributed by atoms with E-state index < -0.39 is 35.7 Å². The van der Waals surface area contributed by atoms with E-state index in [9.17, 15) is 14.7 Å². The minimum Gasteiger partial charge on any atom is -0.394 e. The molecule has 0 aliphatic carbocycles. The average molecular weight is 624 g/mol. The minimum atomic E-state index is -1.10. The van der Waals surface area contributed by atoms with E-state index in [0.29, 0.717) is 42.0 Å². The van der Waals surface area contributed by atoms with Crippen LogP contribution in [0.3, 0.4) is 0 Å². The van der Waals surface area contributed by atoms with Crippen LogP contribution in [-0.2, 0) is 9.59 Å². The molecule has 44 heavy (non-hydrogen) atoms. The van der Waals surface area contributed by atoms with E-state index in [1.165, 1.54) is 48.5 Å². The predicted octanol–water partition coefficient (Wildman–Crippen LogP) is 4.02. The fourth-order valence-electron chi connectivity index (χ4n) is 6.08. The number of anilines is 1. The van der Waals surface area contributed by atoms with Crippen molar-refractivity contribution in [1.29, 1.82) is 0 Å². The summed E-state index contributed by atoms with van der Waals surface area (Å²) in [6.07, 6.45) is 7.15. The van der Waals surface area contributed by atoms with Gasteiger partial charge in [0.1, 0.15) is 12.2 Å². The smallest absolute Gasteiger partial charge is 0.247 e. The number of halogens is 3. The SMILES string of the molecule is CC(=O)N(c1nccc(-c2cnc([C@@H]3CCC4CC(c5c(-n6cnnn6)ccc(Cl)c5F)=CC(=O)N43)[nH]2)c1F)C(C)(C)CO. The van der Waals surface area contributed by atoms with Crippen molar-refractivity contribution >= 4 is 34.8 Å². The third-order valence-corrected chi connectivity index (χ3v) is 8.38. The van der Waals surface area contributed by atoms with Gasteiger partial charge in [-0.1, -0.05) is 11.6 Å². The number of H-pyrrole nitrogens is 1. The lowest BCUT2D eigenvalue weighted by molar-refractivity contribution is -0.129. The van der Waals surface area contributed by atoms with Gasteiger partial charge in [0.05, 0.1) is 40.8 Å². The van der Waals surface area contributed by atoms with Crippen molar-refractivity contribution in [2.75, 3.05) is 11.5 Å². The molecule has 2 atom stereocenters. The molecule has 2 N–H and O–H groups in total. The molecule has 2 amide bonds. The quantitative estimate of drug-likeness (QED) is 0.314. The van der Waals surface area contributed by atoms with Gasteiger partial charge < -0.3 is 15.0 Å². The summed E-state index contributed by atoms with van der Waals surface area (Å²) in [6.45, 7) is 4.09. The lowest BCUT2D eigenvalue weighted by atomic mass is 9.92. The number of hydrogen-bond donors (Lipinski definition) is 2. The molecule has 2 aliphatic rings. The number of hydrogen-bond acceptors (Lipinski definition) is 8. The highest BCUT2D eigenvalue weighted by atomic mass is 35.5. The van der Waals surface area contributed by atoms with Crippen LogP contribution in [0.5, 0.6) is 0 Å². The van der Waals surface area contributed by atoms with E-state index in [0.717, 1.165) is 4.90 Å². The number of aliphatic hydroxyl groups is 1. The van der Waals surface area contributed by atoms with Crippen molar-refractivity contribution in [2.45, 2.75) is 57.7 Å². The molecule has 0 spiro atoms. The van der Waals surface area contributed by atoms with E-state index in [2.05, 4.69) is 30.5 Å². The van der Waals surface area contributed by atoms with Crippen molar-refractivity contribution in [1.82, 2.24) is 40.1 Å². The Balaban J connectivity index is 1.31. The minimum absolute atomic E-state index is 0.0853. The summed E-state index contributed by atoms with van der Waals surface area (Å²) in [5.41, 5.74) is 0.367. The molecule has 1 fully saturated rings. The van der Waals surface area contributed by atoms with Gasteiger partial charge in [-0.05, 0) is 67.3 Å². The van der Waals surface area contributed by atoms with Crippen LogP contribution < -0.4 is 4.90 Å². The van der Waals surface area contributed by atoms with Gasteiger partial charge in [-0.15, -0.1) is 5.10 Å². The van der Waals surface area contributed by atoms with Crippen LogP contribution in [0.25, 0.3) is 22.5 Å². The molecule has 228 valence electrons. The van der Waals surface area contributed by atoms with Crippen LogP contribution in [0, 0.1) is 11.6 Å². The lowest BCUT2D eigenvalue weighted by Gasteiger charge is -2.35. The number of fused-ring (bicyclic) bond motifs is 1. The first-order chi connectivity index (χ1) is 21.0. The van der Waals surface area contributed by atoms with Crippen molar-refractivity contribution in [2.24, 2.45) is 0 Å². The van der Waals surface area contributed by atoms with Crippen LogP contribution in [0.15, 0.2) is 43.0 Å². The lowest BCUT2D eigenvalue weighted by Crippen LogP contribution is -2.50. The summed E-state index contributed by atoms with van der Waals surface area (Å²) in [7, 11) is 0. The van der Waals surface area contributed by atoms with E-state index in [1.807, 2.05) is 0 Å². The van der Waals surface area contributed by atoms with Crippen molar-refractivity contribution in [3.8, 4) is 16.9 Å². The Hall–Kier alpha value is -4.56. The molecule has 4 aromatic rings. The molecule has 0 saturated carbocycles. The van der Waals surface area contributed by atoms with Gasteiger partial charge in [-0.25, -0.2) is 18.7 Å². The number of pyridine rings is 1. The first-order valence-electron chi connectivity index (χ1n) is 13.9. The zero-order valence-electron chi connectivity index (χ0n) is 24.0. The van der Waals surface area contributed by atoms with Crippen LogP contribution in [0.4, 0.5) is 14.6 Å². The van der Waals surface area contributed by atoms with Crippen LogP contribution in [-0.4, -0.2) is 75.2 Å². The first-order valence-corrected chi connectivity index (χ1v) is 14.3. The number of aliphatic hydroxyl groups excluding tert-OH is 1. The number of carbonyl (C=O) groups is 2. The van der Waals surface area contributed by atoms with Crippen molar-refractivity contribution in [3.63, 3.8) is 0 Å². The second-order valence-electron chi connectivity index (χ2n) is 11.4. The fourth-order valence-corrected chi connectivity index (χ4v) is 6.23. The monoisotopic (exact) mass is 623 g/mol. The first kappa shape index (κ1) is 29.5. The van der Waals surface area contributed by atoms with Crippen LogP contribution in [0.1, 0.15) is 57.5 Å². The van der Waals surface area contributed by atoms with E-state index in [1.54, 1.807) is 24.8 Å². The number of aromatic nitrogens is 7. The predicted molar refractivity (Wildman–Crippen MR) is 155 cm³/mol. The summed E-state index contributed by atoms with van der Waals surface area (Å²) in [5.74, 6) is -1.97. The number of benzene rings is 1. The Morgan fingerprint density at radius 2 is 2.00 bits per heavy atom. The number of amides is 2. The largest absolute Gasteiger partial charge is 0.394 e. The summed E-state index contributed by atoms with van der Waals surface area (Å²) < 4.78 is 32.5. The summed E-state index contributed by atoms with van der Waals surface area (Å²) in [5, 5.41) is 20.9. The zero-order valence-corrected chi connectivity index (χ0v) is 24.8. The second-order valence-corrected chi connectivity index (χ2v) is 11.8. The van der Waals surface area contributed by atoms with Crippen molar-refractivity contribution in [3.05, 3.63) is 71.0 Å². The Kier molecular flexibility index (Phi) is 7.49. The van der Waals surface area contributed by atoms with Gasteiger partial charge >= 0.3 is 0 Å². The standard InChI is InChI=1S/C29H28ClF2N9O3/c1-15(43)41(29(2,3)13-42)28-25(31)18(8-9-33-28)20-12-34-27(36-20)22-6-4-17-10-16(11-23(44)40(17)22)24-21(39-14-35-37-38-39)7-5-19(30)26(24)32/h5,7-9,11-12,14,17,22,42H,4,6,10,13H2,1-3H3,(H,34,36)/t17?,22-/m0/s1. The maximum Gasteiger partial charge on any atom is 0.247 e. The molecule has 6 rings (SSSR count). The molecule has 3 aromatic heterocycles. The highest BCUT2D eigenvalue weighted by Gasteiger charge is 2.42. The molecule has 0 radical (unpaired) electrons. The van der Waals surface area contributed by atoms with Crippen molar-refractivity contribution < 1.29 is 23.5 Å². The molecule has 1 aromatic carbocycles. The van der Waals surface area contributed by atoms with Crippen LogP contribution >= 0.6 is 11.6 Å². The molecular weight excluding hydrogens is 596 g/mol. The Bertz CT molecular complexity index is 1790. The number of carbonyl (C=O) groups excluding carboxylic acids is 2. The average Bonchev–Trinajstić information content (AvgIpc) is 3.76. The second kappa shape index (κ2) is 11.2. The number of tetrazole rings is 1. The highest BCUT2D eigenvalue weighted by molar-refractivity contribution is 6.31. The number of nitrogens with zero attached hydrogens (tertiary/aromatic N) is 8. The van der Waals surface area contributed by atoms with Crippen LogP contribution in [0.2, 0.25) is 5.02 Å². The third kappa shape index (κ3) is 4.93. The maximum atomic E-state index is 15.8. The molecule has 12 nitrogen and oxygen atoms in total. The van der Waals surface area contributed by atoms with E-state index in [-0.39, 0.29) is 33.9 Å². The van der Waals surface area contributed by atoms with Gasteiger partial charge in [0.25, 0.3) is 0 Å². The number of rotatable bonds is 7. The van der Waals surface area contributed by atoms with Gasteiger partial charge in [0.15, 0.2) is 17.5 Å². The highest BCUT2D eigenvalue weighted by Crippen LogP contribution is 2.44. The van der Waals surface area contributed by atoms with Gasteiger partial charge in [0, 0.05) is 36.4 Å². The fraction of sp³-hybridized carbons (Fsp3) is 0.345. The third-order valence-electron chi connectivity index (χ3n) is 8.09. The molecule has 0 bridgehead atoms. The molecule has 1 unspecified atom stereocenters. The molecule has 2 aliphatic heterocycles. The molecule has 15 heteroatoms. The normalized spacial score (nSPS) is 18.4. The van der Waals surface area contributed by atoms with Gasteiger partial charge in [-0.2, -0.15) is 4.68 Å². The number of nitrogens with one attached hydrogen (secondary N) is 1. The van der Waals surface area contributed by atoms with Gasteiger partial charge in [0.2, 0.25) is 11.8 Å². The summed E-state index contributed by atoms with van der Waals surface area (Å²) in [6, 6.07) is 3.81. The Labute approximate surface area is 255 Å². The number of imidazole rings is 1. The summed E-state index contributed by atoms with van der Waals surface area (Å²) in [4.78, 5) is 40.5.